The standard InChI is InChI=1S/C13H13N5O4/c1-8-11(13(20)17-15-8)6-12(19)16-14-7-9-3-2-4-10(5-9)18(21)22/h2-5,7,11H,6H2,1H3,(H,16,19)(H,17,20)/b14-7+. The monoisotopic (exact) mass is 303 g/mol. The quantitative estimate of drug-likeness (QED) is 0.468. The van der Waals surface area contributed by atoms with E-state index in [-0.39, 0.29) is 18.0 Å². The van der Waals surface area contributed by atoms with Crippen molar-refractivity contribution >= 4 is 29.4 Å². The van der Waals surface area contributed by atoms with Gasteiger partial charge in [0.2, 0.25) is 11.8 Å². The number of carbonyl (C=O) groups excluding carboxylic acids is 2. The first-order chi connectivity index (χ1) is 10.5. The van der Waals surface area contributed by atoms with Crippen molar-refractivity contribution in [2.45, 2.75) is 13.3 Å². The number of carbonyl (C=O) groups is 2. The lowest BCUT2D eigenvalue weighted by atomic mass is 10.0. The van der Waals surface area contributed by atoms with Crippen molar-refractivity contribution in [3.63, 3.8) is 0 Å². The van der Waals surface area contributed by atoms with Gasteiger partial charge < -0.3 is 0 Å². The molecule has 1 heterocycles. The number of nitrogens with zero attached hydrogens (tertiary/aromatic N) is 3. The van der Waals surface area contributed by atoms with Crippen molar-refractivity contribution in [1.82, 2.24) is 10.9 Å². The van der Waals surface area contributed by atoms with E-state index >= 15 is 0 Å². The Hall–Kier alpha value is -3.10. The Bertz CT molecular complexity index is 683. The molecule has 9 heteroatoms. The number of hydrogen-bond donors (Lipinski definition) is 2. The molecule has 1 aliphatic heterocycles. The number of amides is 2. The summed E-state index contributed by atoms with van der Waals surface area (Å²) in [6.45, 7) is 1.65. The smallest absolute Gasteiger partial charge is 0.270 e. The zero-order valence-corrected chi connectivity index (χ0v) is 11.6. The summed E-state index contributed by atoms with van der Waals surface area (Å²) in [5.41, 5.74) is 5.52. The van der Waals surface area contributed by atoms with Crippen LogP contribution in [0.3, 0.4) is 0 Å². The molecule has 1 aromatic carbocycles. The Morgan fingerprint density at radius 1 is 1.59 bits per heavy atom. The SMILES string of the molecule is CC1=NNC(=O)C1CC(=O)N/N=C/c1cccc([N+](=O)[O-])c1. The van der Waals surface area contributed by atoms with E-state index in [9.17, 15) is 19.7 Å². The molecule has 2 N–H and O–H groups in total. The summed E-state index contributed by atoms with van der Waals surface area (Å²) < 4.78 is 0. The van der Waals surface area contributed by atoms with Crippen molar-refractivity contribution in [3.05, 3.63) is 39.9 Å². The Morgan fingerprint density at radius 2 is 2.36 bits per heavy atom. The van der Waals surface area contributed by atoms with Crippen molar-refractivity contribution in [3.8, 4) is 0 Å². The van der Waals surface area contributed by atoms with Crippen LogP contribution in [0.1, 0.15) is 18.9 Å². The molecule has 22 heavy (non-hydrogen) atoms. The molecule has 0 aliphatic carbocycles. The van der Waals surface area contributed by atoms with Crippen LogP contribution >= 0.6 is 0 Å². The molecule has 114 valence electrons. The molecule has 0 saturated carbocycles. The fourth-order valence-electron chi connectivity index (χ4n) is 1.86. The second-order valence-electron chi connectivity index (χ2n) is 4.63. The Labute approximate surface area is 125 Å². The van der Waals surface area contributed by atoms with E-state index in [2.05, 4.69) is 21.1 Å². The Balaban J connectivity index is 1.91. The van der Waals surface area contributed by atoms with E-state index in [1.165, 1.54) is 24.4 Å². The summed E-state index contributed by atoms with van der Waals surface area (Å²) in [5, 5.41) is 18.1. The minimum absolute atomic E-state index is 0.0621. The molecule has 1 atom stereocenters. The van der Waals surface area contributed by atoms with Gasteiger partial charge >= 0.3 is 0 Å². The normalized spacial score (nSPS) is 17.2. The molecule has 2 rings (SSSR count). The molecule has 9 nitrogen and oxygen atoms in total. The molecule has 0 saturated heterocycles. The van der Waals surface area contributed by atoms with Crippen molar-refractivity contribution in [2.24, 2.45) is 16.1 Å². The molecule has 1 unspecified atom stereocenters. The van der Waals surface area contributed by atoms with Crippen LogP contribution in [0.4, 0.5) is 5.69 Å². The second kappa shape index (κ2) is 6.57. The predicted molar refractivity (Wildman–Crippen MR) is 78.2 cm³/mol. The fourth-order valence-corrected chi connectivity index (χ4v) is 1.86. The molecule has 0 fully saturated rings. The van der Waals surface area contributed by atoms with Gasteiger partial charge in [0.15, 0.2) is 0 Å². The average Bonchev–Trinajstić information content (AvgIpc) is 2.79. The maximum atomic E-state index is 11.7. The zero-order chi connectivity index (χ0) is 16.1. The van der Waals surface area contributed by atoms with Crippen molar-refractivity contribution < 1.29 is 14.5 Å². The maximum absolute atomic E-state index is 11.7. The minimum atomic E-state index is -0.590. The molecule has 1 aliphatic rings. The van der Waals surface area contributed by atoms with Crippen LogP contribution in [0.2, 0.25) is 0 Å². The summed E-state index contributed by atoms with van der Waals surface area (Å²) in [4.78, 5) is 33.2. The molecule has 1 aromatic rings. The number of nitro groups is 1. The number of benzene rings is 1. The minimum Gasteiger partial charge on any atom is -0.273 e. The predicted octanol–water partition coefficient (Wildman–Crippen LogP) is 0.557. The number of hydrogen-bond acceptors (Lipinski definition) is 6. The van der Waals surface area contributed by atoms with Gasteiger partial charge in [0.25, 0.3) is 5.69 Å². The third-order valence-electron chi connectivity index (χ3n) is 3.04. The van der Waals surface area contributed by atoms with Crippen LogP contribution in [-0.4, -0.2) is 28.7 Å². The highest BCUT2D eigenvalue weighted by atomic mass is 16.6. The molecule has 0 aromatic heterocycles. The van der Waals surface area contributed by atoms with Crippen molar-refractivity contribution in [2.75, 3.05) is 0 Å². The highest BCUT2D eigenvalue weighted by Crippen LogP contribution is 2.12. The summed E-state index contributed by atoms with van der Waals surface area (Å²) in [6.07, 6.45) is 1.23. The molecular weight excluding hydrogens is 290 g/mol. The van der Waals surface area contributed by atoms with Gasteiger partial charge in [-0.05, 0) is 6.92 Å². The van der Waals surface area contributed by atoms with Gasteiger partial charge in [0, 0.05) is 29.8 Å². The fraction of sp³-hybridized carbons (Fsp3) is 0.231. The molecular formula is C13H13N5O4. The van der Waals surface area contributed by atoms with E-state index < -0.39 is 16.7 Å². The highest BCUT2D eigenvalue weighted by Gasteiger charge is 2.28. The largest absolute Gasteiger partial charge is 0.273 e. The first-order valence-corrected chi connectivity index (χ1v) is 6.38. The molecule has 0 bridgehead atoms. The molecule has 0 spiro atoms. The first kappa shape index (κ1) is 15.3. The average molecular weight is 303 g/mol. The van der Waals surface area contributed by atoms with Crippen LogP contribution < -0.4 is 10.9 Å². The van der Waals surface area contributed by atoms with E-state index in [0.29, 0.717) is 11.3 Å². The van der Waals surface area contributed by atoms with Crippen molar-refractivity contribution in [1.29, 1.82) is 0 Å². The third kappa shape index (κ3) is 3.72. The first-order valence-electron chi connectivity index (χ1n) is 6.38. The van der Waals surface area contributed by atoms with E-state index in [1.54, 1.807) is 13.0 Å². The zero-order valence-electron chi connectivity index (χ0n) is 11.6. The summed E-state index contributed by atoms with van der Waals surface area (Å²) in [5.74, 6) is -1.36. The lowest BCUT2D eigenvalue weighted by Gasteiger charge is -2.05. The van der Waals surface area contributed by atoms with Crippen LogP contribution in [0, 0.1) is 16.0 Å². The number of hydrazone groups is 2. The highest BCUT2D eigenvalue weighted by molar-refractivity contribution is 6.09. The number of nitro benzene ring substituents is 1. The number of nitrogens with one attached hydrogen (secondary N) is 2. The molecule has 2 amide bonds. The van der Waals surface area contributed by atoms with Crippen LogP contribution in [0.5, 0.6) is 0 Å². The summed E-state index contributed by atoms with van der Waals surface area (Å²) in [6, 6.07) is 5.82. The number of rotatable bonds is 5. The van der Waals surface area contributed by atoms with Crippen LogP contribution in [0.25, 0.3) is 0 Å². The van der Waals surface area contributed by atoms with Crippen LogP contribution in [0.15, 0.2) is 34.5 Å². The van der Waals surface area contributed by atoms with Gasteiger partial charge in [-0.25, -0.2) is 10.9 Å². The second-order valence-corrected chi connectivity index (χ2v) is 4.63. The van der Waals surface area contributed by atoms with E-state index in [4.69, 9.17) is 0 Å². The Kier molecular flexibility index (Phi) is 4.57. The lowest BCUT2D eigenvalue weighted by molar-refractivity contribution is -0.384. The van der Waals surface area contributed by atoms with Gasteiger partial charge in [0.1, 0.15) is 0 Å². The van der Waals surface area contributed by atoms with E-state index in [0.717, 1.165) is 0 Å². The topological polar surface area (TPSA) is 126 Å². The van der Waals surface area contributed by atoms with Gasteiger partial charge in [-0.3, -0.25) is 19.7 Å². The number of non-ortho nitro benzene ring substituents is 1. The van der Waals surface area contributed by atoms with E-state index in [1.807, 2.05) is 0 Å². The summed E-state index contributed by atoms with van der Waals surface area (Å²) in [7, 11) is 0. The Morgan fingerprint density at radius 3 is 3.00 bits per heavy atom. The maximum Gasteiger partial charge on any atom is 0.270 e. The molecule has 0 radical (unpaired) electrons. The van der Waals surface area contributed by atoms with Gasteiger partial charge in [-0.1, -0.05) is 12.1 Å². The van der Waals surface area contributed by atoms with Crippen LogP contribution in [-0.2, 0) is 9.59 Å². The van der Waals surface area contributed by atoms with Gasteiger partial charge in [0.05, 0.1) is 17.1 Å². The summed E-state index contributed by atoms with van der Waals surface area (Å²) >= 11 is 0. The third-order valence-corrected chi connectivity index (χ3v) is 3.04. The van der Waals surface area contributed by atoms with Gasteiger partial charge in [-0.15, -0.1) is 0 Å². The lowest BCUT2D eigenvalue weighted by Crippen LogP contribution is -2.29. The van der Waals surface area contributed by atoms with Gasteiger partial charge in [-0.2, -0.15) is 10.2 Å².